The van der Waals surface area contributed by atoms with Crippen molar-refractivity contribution >= 4 is 0 Å². The molecule has 1 aromatic rings. The monoisotopic (exact) mass is 248 g/mol. The lowest BCUT2D eigenvalue weighted by atomic mass is 9.78. The molecule has 1 heterocycles. The molecule has 4 heteroatoms. The fraction of sp³-hybridized carbons (Fsp3) is 0.714. The Morgan fingerprint density at radius 1 is 1.39 bits per heavy atom. The third kappa shape index (κ3) is 2.21. The second-order valence-electron chi connectivity index (χ2n) is 5.80. The van der Waals surface area contributed by atoms with Crippen molar-refractivity contribution in [3.63, 3.8) is 0 Å². The van der Waals surface area contributed by atoms with Crippen LogP contribution in [0.5, 0.6) is 0 Å². The van der Waals surface area contributed by atoms with Crippen LogP contribution in [-0.4, -0.2) is 20.3 Å². The SMILES string of the molecule is O=c1cc(C2CCC2)ncn1CCC1(O)CCC1. The van der Waals surface area contributed by atoms with Gasteiger partial charge >= 0.3 is 0 Å². The highest BCUT2D eigenvalue weighted by atomic mass is 16.3. The van der Waals surface area contributed by atoms with Crippen LogP contribution in [0.4, 0.5) is 0 Å². The summed E-state index contributed by atoms with van der Waals surface area (Å²) in [5.74, 6) is 0.503. The fourth-order valence-corrected chi connectivity index (χ4v) is 2.70. The van der Waals surface area contributed by atoms with Gasteiger partial charge in [0.05, 0.1) is 17.6 Å². The summed E-state index contributed by atoms with van der Waals surface area (Å²) in [5, 5.41) is 10.0. The lowest BCUT2D eigenvalue weighted by Gasteiger charge is -2.36. The molecule has 2 fully saturated rings. The zero-order valence-electron chi connectivity index (χ0n) is 10.6. The molecular formula is C14H20N2O2. The molecule has 1 N–H and O–H groups in total. The molecule has 18 heavy (non-hydrogen) atoms. The van der Waals surface area contributed by atoms with E-state index < -0.39 is 5.60 Å². The van der Waals surface area contributed by atoms with Gasteiger partial charge in [-0.05, 0) is 38.5 Å². The Hall–Kier alpha value is -1.16. The van der Waals surface area contributed by atoms with E-state index in [-0.39, 0.29) is 5.56 Å². The Labute approximate surface area is 107 Å². The van der Waals surface area contributed by atoms with Crippen LogP contribution < -0.4 is 5.56 Å². The van der Waals surface area contributed by atoms with Crippen molar-refractivity contribution in [2.75, 3.05) is 0 Å². The number of aliphatic hydroxyl groups is 1. The minimum atomic E-state index is -0.522. The molecule has 4 nitrogen and oxygen atoms in total. The van der Waals surface area contributed by atoms with Crippen molar-refractivity contribution in [3.05, 3.63) is 28.4 Å². The summed E-state index contributed by atoms with van der Waals surface area (Å²) in [5.41, 5.74) is 0.450. The largest absolute Gasteiger partial charge is 0.390 e. The maximum absolute atomic E-state index is 11.9. The number of nitrogens with zero attached hydrogens (tertiary/aromatic N) is 2. The number of hydrogen-bond donors (Lipinski definition) is 1. The molecule has 0 bridgehead atoms. The van der Waals surface area contributed by atoms with E-state index in [0.29, 0.717) is 18.9 Å². The molecule has 3 rings (SSSR count). The first-order valence-electron chi connectivity index (χ1n) is 6.95. The number of aryl methyl sites for hydroxylation is 1. The van der Waals surface area contributed by atoms with E-state index in [1.54, 1.807) is 17.0 Å². The summed E-state index contributed by atoms with van der Waals surface area (Å²) >= 11 is 0. The van der Waals surface area contributed by atoms with Gasteiger partial charge in [-0.2, -0.15) is 0 Å². The van der Waals surface area contributed by atoms with Crippen LogP contribution in [0, 0.1) is 0 Å². The number of aromatic nitrogens is 2. The van der Waals surface area contributed by atoms with Gasteiger partial charge in [-0.15, -0.1) is 0 Å². The van der Waals surface area contributed by atoms with Crippen LogP contribution in [-0.2, 0) is 6.54 Å². The summed E-state index contributed by atoms with van der Waals surface area (Å²) in [6.45, 7) is 0.577. The van der Waals surface area contributed by atoms with Crippen LogP contribution in [0.1, 0.15) is 56.6 Å². The van der Waals surface area contributed by atoms with Gasteiger partial charge in [0, 0.05) is 18.5 Å². The minimum Gasteiger partial charge on any atom is -0.390 e. The Morgan fingerprint density at radius 3 is 2.67 bits per heavy atom. The number of rotatable bonds is 4. The summed E-state index contributed by atoms with van der Waals surface area (Å²) in [4.78, 5) is 16.3. The Kier molecular flexibility index (Phi) is 2.98. The topological polar surface area (TPSA) is 55.1 Å². The van der Waals surface area contributed by atoms with Crippen molar-refractivity contribution in [1.82, 2.24) is 9.55 Å². The maximum Gasteiger partial charge on any atom is 0.253 e. The molecule has 0 atom stereocenters. The molecule has 0 unspecified atom stereocenters. The van der Waals surface area contributed by atoms with Crippen molar-refractivity contribution in [2.45, 2.75) is 63.0 Å². The molecule has 0 amide bonds. The highest BCUT2D eigenvalue weighted by molar-refractivity contribution is 5.09. The van der Waals surface area contributed by atoms with Gasteiger partial charge in [0.2, 0.25) is 0 Å². The summed E-state index contributed by atoms with van der Waals surface area (Å²) < 4.78 is 1.62. The van der Waals surface area contributed by atoms with Gasteiger partial charge in [-0.1, -0.05) is 6.42 Å². The van der Waals surface area contributed by atoms with Crippen LogP contribution >= 0.6 is 0 Å². The fourth-order valence-electron chi connectivity index (χ4n) is 2.70. The predicted molar refractivity (Wildman–Crippen MR) is 68.5 cm³/mol. The first kappa shape index (κ1) is 11.9. The summed E-state index contributed by atoms with van der Waals surface area (Å²) in [6.07, 6.45) is 8.74. The molecule has 2 aliphatic carbocycles. The molecule has 0 aromatic carbocycles. The zero-order chi connectivity index (χ0) is 12.6. The number of hydrogen-bond acceptors (Lipinski definition) is 3. The quantitative estimate of drug-likeness (QED) is 0.884. The van der Waals surface area contributed by atoms with Gasteiger partial charge in [-0.25, -0.2) is 4.98 Å². The standard InChI is InChI=1S/C14H20N2O2/c17-13-9-12(11-3-1-4-11)15-10-16(13)8-7-14(18)5-2-6-14/h9-11,18H,1-8H2. The normalized spacial score (nSPS) is 22.3. The first-order chi connectivity index (χ1) is 8.66. The van der Waals surface area contributed by atoms with Gasteiger partial charge in [-0.3, -0.25) is 9.36 Å². The van der Waals surface area contributed by atoms with E-state index in [1.165, 1.54) is 6.42 Å². The van der Waals surface area contributed by atoms with E-state index in [2.05, 4.69) is 4.98 Å². The predicted octanol–water partition coefficient (Wildman–Crippen LogP) is 1.82. The summed E-state index contributed by atoms with van der Waals surface area (Å²) in [7, 11) is 0. The van der Waals surface area contributed by atoms with Crippen LogP contribution in [0.3, 0.4) is 0 Å². The van der Waals surface area contributed by atoms with E-state index in [9.17, 15) is 9.90 Å². The molecular weight excluding hydrogens is 228 g/mol. The van der Waals surface area contributed by atoms with Crippen LogP contribution in [0.2, 0.25) is 0 Å². The third-order valence-electron chi connectivity index (χ3n) is 4.53. The smallest absolute Gasteiger partial charge is 0.253 e. The molecule has 98 valence electrons. The molecule has 2 aliphatic rings. The first-order valence-corrected chi connectivity index (χ1v) is 6.95. The van der Waals surface area contributed by atoms with E-state index in [1.807, 2.05) is 0 Å². The summed E-state index contributed by atoms with van der Waals surface area (Å²) in [6, 6.07) is 1.68. The van der Waals surface area contributed by atoms with Gasteiger partial charge < -0.3 is 5.11 Å². The Balaban J connectivity index is 1.67. The van der Waals surface area contributed by atoms with Gasteiger partial charge in [0.15, 0.2) is 0 Å². The molecule has 0 saturated heterocycles. The Morgan fingerprint density at radius 2 is 2.17 bits per heavy atom. The van der Waals surface area contributed by atoms with Gasteiger partial charge in [0.25, 0.3) is 5.56 Å². The Bertz CT molecular complexity index is 487. The van der Waals surface area contributed by atoms with Crippen molar-refractivity contribution in [3.8, 4) is 0 Å². The van der Waals surface area contributed by atoms with Crippen molar-refractivity contribution < 1.29 is 5.11 Å². The molecule has 0 radical (unpaired) electrons. The van der Waals surface area contributed by atoms with Crippen LogP contribution in [0.25, 0.3) is 0 Å². The van der Waals surface area contributed by atoms with E-state index in [0.717, 1.165) is 37.8 Å². The molecule has 0 aliphatic heterocycles. The molecule has 1 aromatic heterocycles. The molecule has 2 saturated carbocycles. The third-order valence-corrected chi connectivity index (χ3v) is 4.53. The minimum absolute atomic E-state index is 0.0230. The second kappa shape index (κ2) is 4.50. The van der Waals surface area contributed by atoms with Crippen molar-refractivity contribution in [2.24, 2.45) is 0 Å². The lowest BCUT2D eigenvalue weighted by molar-refractivity contribution is -0.0434. The van der Waals surface area contributed by atoms with E-state index in [4.69, 9.17) is 0 Å². The zero-order valence-corrected chi connectivity index (χ0v) is 10.6. The molecule has 0 spiro atoms. The van der Waals surface area contributed by atoms with Crippen molar-refractivity contribution in [1.29, 1.82) is 0 Å². The average molecular weight is 248 g/mol. The van der Waals surface area contributed by atoms with Crippen LogP contribution in [0.15, 0.2) is 17.2 Å². The highest BCUT2D eigenvalue weighted by Crippen LogP contribution is 2.35. The van der Waals surface area contributed by atoms with E-state index >= 15 is 0 Å². The highest BCUT2D eigenvalue weighted by Gasteiger charge is 2.33. The maximum atomic E-state index is 11.9. The average Bonchev–Trinajstić information content (AvgIpc) is 2.23. The second-order valence-corrected chi connectivity index (χ2v) is 5.80. The lowest BCUT2D eigenvalue weighted by Crippen LogP contribution is -2.38. The van der Waals surface area contributed by atoms with Gasteiger partial charge in [0.1, 0.15) is 0 Å².